The van der Waals surface area contributed by atoms with Crippen molar-refractivity contribution >= 4 is 33.1 Å². The number of unbranched alkanes of at least 4 members (excludes halogenated alkanes) is 1. The van der Waals surface area contributed by atoms with Gasteiger partial charge in [0.1, 0.15) is 19.8 Å². The van der Waals surface area contributed by atoms with E-state index in [1.807, 2.05) is 58.9 Å². The Morgan fingerprint density at radius 1 is 0.773 bits per heavy atom. The summed E-state index contributed by atoms with van der Waals surface area (Å²) < 4.78 is 38.1. The Hall–Kier alpha value is -2.78. The average molecular weight is 638 g/mol. The highest BCUT2D eigenvalue weighted by atomic mass is 35.5. The lowest BCUT2D eigenvalue weighted by molar-refractivity contribution is -0.938. The van der Waals surface area contributed by atoms with Crippen LogP contribution in [0.3, 0.4) is 0 Å². The quantitative estimate of drug-likeness (QED) is 0.113. The van der Waals surface area contributed by atoms with E-state index in [-0.39, 0.29) is 0 Å². The second kappa shape index (κ2) is 14.1. The molecule has 0 saturated heterocycles. The highest BCUT2D eigenvalue weighted by molar-refractivity contribution is 8.22. The number of fused-ring (bicyclic) bond motifs is 2. The van der Waals surface area contributed by atoms with Crippen molar-refractivity contribution in [1.29, 1.82) is 0 Å². The lowest BCUT2D eigenvalue weighted by atomic mass is 10.1. The summed E-state index contributed by atoms with van der Waals surface area (Å²) in [5, 5.41) is 2.54. The summed E-state index contributed by atoms with van der Waals surface area (Å²) in [6, 6.07) is 23.9. The molecule has 0 radical (unpaired) electrons. The minimum absolute atomic E-state index is 0.377. The van der Waals surface area contributed by atoms with Gasteiger partial charge in [0.25, 0.3) is 0 Å². The van der Waals surface area contributed by atoms with Crippen LogP contribution in [0.15, 0.2) is 77.7 Å². The molecule has 0 fully saturated rings. The van der Waals surface area contributed by atoms with E-state index in [2.05, 4.69) is 45.9 Å². The summed E-state index contributed by atoms with van der Waals surface area (Å²) in [5.74, 6) is 1.43. The number of halogens is 1. The van der Waals surface area contributed by atoms with Gasteiger partial charge >= 0.3 is 0 Å². The van der Waals surface area contributed by atoms with Gasteiger partial charge in [0.15, 0.2) is 11.5 Å². The number of hydrogen-bond acceptors (Lipinski definition) is 5. The normalized spacial score (nSPS) is 13.9. The molecular weight excluding hydrogens is 592 g/mol. The number of aryl methyl sites for hydroxylation is 2. The minimum Gasteiger partial charge on any atom is -0.486 e. The van der Waals surface area contributed by atoms with Crippen molar-refractivity contribution in [2.45, 2.75) is 58.5 Å². The fourth-order valence-corrected chi connectivity index (χ4v) is 8.05. The van der Waals surface area contributed by atoms with Crippen LogP contribution < -0.4 is 9.47 Å². The van der Waals surface area contributed by atoms with E-state index < -0.39 is 10.8 Å². The lowest BCUT2D eigenvalue weighted by Gasteiger charge is -2.43. The molecule has 0 amide bonds. The highest BCUT2D eigenvalue weighted by Gasteiger charge is 2.28. The van der Waals surface area contributed by atoms with Gasteiger partial charge in [-0.05, 0) is 93.3 Å². The van der Waals surface area contributed by atoms with E-state index in [1.54, 1.807) is 0 Å². The zero-order valence-electron chi connectivity index (χ0n) is 26.4. The minimum atomic E-state index is -3.28. The third-order valence-electron chi connectivity index (χ3n) is 8.85. The van der Waals surface area contributed by atoms with Gasteiger partial charge in [-0.25, -0.2) is 0 Å². The summed E-state index contributed by atoms with van der Waals surface area (Å²) in [5.41, 5.74) is 4.95. The van der Waals surface area contributed by atoms with Crippen LogP contribution in [0.5, 0.6) is 11.5 Å². The van der Waals surface area contributed by atoms with Crippen LogP contribution in [0.1, 0.15) is 48.9 Å². The van der Waals surface area contributed by atoms with E-state index in [0.717, 1.165) is 65.6 Å². The Balaban J connectivity index is 1.35. The van der Waals surface area contributed by atoms with E-state index >= 15 is 0 Å². The molecule has 0 aromatic heterocycles. The van der Waals surface area contributed by atoms with Crippen molar-refractivity contribution in [3.05, 3.63) is 100 Å². The number of hydrogen-bond donors (Lipinski definition) is 2. The molecule has 4 aromatic rings. The first kappa shape index (κ1) is 32.6. The first-order chi connectivity index (χ1) is 21.1. The predicted molar refractivity (Wildman–Crippen MR) is 183 cm³/mol. The van der Waals surface area contributed by atoms with Gasteiger partial charge in [-0.15, -0.1) is 10.8 Å². The Morgan fingerprint density at radius 3 is 2.18 bits per heavy atom. The summed E-state index contributed by atoms with van der Waals surface area (Å²) in [6.45, 7) is 15.0. The van der Waals surface area contributed by atoms with Crippen LogP contribution in [0.4, 0.5) is 0 Å². The predicted octanol–water partition coefficient (Wildman–Crippen LogP) is 9.24. The smallest absolute Gasteiger partial charge is 0.161 e. The van der Waals surface area contributed by atoms with Crippen LogP contribution >= 0.6 is 22.4 Å². The van der Waals surface area contributed by atoms with Gasteiger partial charge in [-0.1, -0.05) is 59.1 Å². The molecule has 0 atom stereocenters. The maximum absolute atomic E-state index is 11.8. The lowest BCUT2D eigenvalue weighted by Crippen LogP contribution is -2.47. The molecule has 5 rings (SSSR count). The molecule has 1 aliphatic rings. The molecule has 0 aliphatic carbocycles. The number of quaternary nitrogens is 1. The molecule has 2 N–H and O–H groups in total. The van der Waals surface area contributed by atoms with Gasteiger partial charge in [-0.3, -0.25) is 9.11 Å². The third-order valence-corrected chi connectivity index (χ3v) is 11.0. The fraction of sp³-hybridized carbons (Fsp3) is 0.389. The number of rotatable bonds is 13. The molecular formula is C36H46ClN2O4S+. The van der Waals surface area contributed by atoms with E-state index in [9.17, 15) is 9.11 Å². The van der Waals surface area contributed by atoms with E-state index in [0.29, 0.717) is 42.0 Å². The zero-order chi connectivity index (χ0) is 31.3. The molecule has 0 saturated carbocycles. The average Bonchev–Trinajstić information content (AvgIpc) is 3.01. The Morgan fingerprint density at radius 2 is 1.45 bits per heavy atom. The van der Waals surface area contributed by atoms with E-state index in [4.69, 9.17) is 21.1 Å². The van der Waals surface area contributed by atoms with Gasteiger partial charge in [0.2, 0.25) is 0 Å². The van der Waals surface area contributed by atoms with Crippen LogP contribution in [-0.4, -0.2) is 57.3 Å². The first-order valence-electron chi connectivity index (χ1n) is 15.6. The van der Waals surface area contributed by atoms with Crippen molar-refractivity contribution in [2.75, 3.05) is 39.4 Å². The fourth-order valence-electron chi connectivity index (χ4n) is 6.33. The Bertz CT molecular complexity index is 1570. The SMILES string of the molecule is CC[N+](CC)(CCCCN(Cc1ccc2c(c1)OCCO2)S(O)(O)c1ccc2cc(Cl)ccc2c1)Cc1cc(C)cc(C)c1. The highest BCUT2D eigenvalue weighted by Crippen LogP contribution is 2.53. The molecule has 6 nitrogen and oxygen atoms in total. The summed E-state index contributed by atoms with van der Waals surface area (Å²) in [6.07, 6.45) is 1.83. The maximum atomic E-state index is 11.8. The third kappa shape index (κ3) is 7.71. The second-order valence-corrected chi connectivity index (χ2v) is 14.5. The van der Waals surface area contributed by atoms with Crippen LogP contribution in [0.2, 0.25) is 5.02 Å². The molecule has 4 aromatic carbocycles. The summed E-state index contributed by atoms with van der Waals surface area (Å²) >= 11 is 6.20. The van der Waals surface area contributed by atoms with Gasteiger partial charge in [0, 0.05) is 23.7 Å². The van der Waals surface area contributed by atoms with Crippen molar-refractivity contribution in [3.8, 4) is 11.5 Å². The van der Waals surface area contributed by atoms with Gasteiger partial charge < -0.3 is 14.0 Å². The summed E-state index contributed by atoms with van der Waals surface area (Å²) in [4.78, 5) is 0.506. The van der Waals surface area contributed by atoms with Crippen molar-refractivity contribution in [1.82, 2.24) is 4.31 Å². The molecule has 236 valence electrons. The maximum Gasteiger partial charge on any atom is 0.161 e. The molecule has 0 bridgehead atoms. The monoisotopic (exact) mass is 637 g/mol. The number of benzene rings is 4. The van der Waals surface area contributed by atoms with E-state index in [1.165, 1.54) is 16.7 Å². The van der Waals surface area contributed by atoms with Crippen molar-refractivity contribution in [3.63, 3.8) is 0 Å². The number of ether oxygens (including phenoxy) is 2. The van der Waals surface area contributed by atoms with Gasteiger partial charge in [-0.2, -0.15) is 4.31 Å². The molecule has 8 heteroatoms. The number of nitrogens with zero attached hydrogens (tertiary/aromatic N) is 2. The topological polar surface area (TPSA) is 62.2 Å². The van der Waals surface area contributed by atoms with Crippen molar-refractivity contribution < 1.29 is 23.1 Å². The second-order valence-electron chi connectivity index (χ2n) is 12.1. The molecule has 0 unspecified atom stereocenters. The zero-order valence-corrected chi connectivity index (χ0v) is 28.0. The van der Waals surface area contributed by atoms with Crippen LogP contribution in [-0.2, 0) is 13.1 Å². The largest absolute Gasteiger partial charge is 0.486 e. The van der Waals surface area contributed by atoms with Crippen LogP contribution in [0, 0.1) is 13.8 Å². The molecule has 44 heavy (non-hydrogen) atoms. The first-order valence-corrected chi connectivity index (χ1v) is 17.5. The standard InChI is InChI=1S/C36H45ClN2O4S/c1-5-39(6-2,26-30-20-27(3)19-28(4)21-30)16-8-7-15-38(25-29-9-14-35-36(22-29)43-18-17-42-35)44(40,41)34-13-11-31-23-33(37)12-10-32(31)24-34/h9-14,19-24H,5-8,15-18,25-26H2,1-4H3,(H-,40,41)/p+1. The van der Waals surface area contributed by atoms with Gasteiger partial charge in [0.05, 0.1) is 24.5 Å². The molecule has 1 aliphatic heterocycles. The summed E-state index contributed by atoms with van der Waals surface area (Å²) in [7, 11) is -3.28. The van der Waals surface area contributed by atoms with Crippen LogP contribution in [0.25, 0.3) is 10.8 Å². The van der Waals surface area contributed by atoms with Crippen molar-refractivity contribution in [2.24, 2.45) is 0 Å². The molecule has 1 heterocycles. The Kier molecular flexibility index (Phi) is 10.5. The molecule has 0 spiro atoms. The Labute approximate surface area is 269 Å².